The molecule has 3 aromatic rings. The number of hydrogen-bond donors (Lipinski definition) is 2. The van der Waals surface area contributed by atoms with Crippen LogP contribution in [0.4, 0.5) is 0 Å². The van der Waals surface area contributed by atoms with E-state index in [1.807, 2.05) is 18.2 Å². The number of aliphatic hydroxyl groups is 2. The number of methoxy groups -OCH3 is 1. The van der Waals surface area contributed by atoms with E-state index in [9.17, 15) is 10.2 Å². The lowest BCUT2D eigenvalue weighted by atomic mass is 9.62. The maximum atomic E-state index is 12.4. The van der Waals surface area contributed by atoms with Crippen LogP contribution in [0.15, 0.2) is 48.8 Å². The third-order valence-corrected chi connectivity index (χ3v) is 7.23. The topological polar surface area (TPSA) is 91.6 Å². The quantitative estimate of drug-likeness (QED) is 0.498. The van der Waals surface area contributed by atoms with Crippen LogP contribution in [-0.2, 0) is 11.2 Å². The Morgan fingerprint density at radius 1 is 1.05 bits per heavy atom. The number of ether oxygens (including phenoxy) is 1. The zero-order valence-corrected chi connectivity index (χ0v) is 22.7. The molecule has 0 radical (unpaired) electrons. The number of hydrogen-bond acceptors (Lipinski definition) is 7. The molecule has 7 heteroatoms. The van der Waals surface area contributed by atoms with Gasteiger partial charge in [-0.2, -0.15) is 4.98 Å². The van der Waals surface area contributed by atoms with Crippen LogP contribution in [0.5, 0.6) is 5.88 Å². The number of nitrogens with zero attached hydrogens (tertiary/aromatic N) is 4. The second kappa shape index (κ2) is 9.86. The second-order valence-corrected chi connectivity index (χ2v) is 10.8. The third kappa shape index (κ3) is 5.10. The minimum Gasteiger partial charge on any atom is -0.481 e. The van der Waals surface area contributed by atoms with Gasteiger partial charge >= 0.3 is 0 Å². The Bertz CT molecular complexity index is 1330. The van der Waals surface area contributed by atoms with Gasteiger partial charge in [-0.1, -0.05) is 56.9 Å². The Morgan fingerprint density at radius 3 is 2.32 bits per heavy atom. The maximum Gasteiger partial charge on any atom is 0.216 e. The van der Waals surface area contributed by atoms with Crippen molar-refractivity contribution in [2.75, 3.05) is 27.2 Å². The van der Waals surface area contributed by atoms with E-state index in [4.69, 9.17) is 4.74 Å². The molecule has 2 aromatic heterocycles. The average molecular weight is 501 g/mol. The van der Waals surface area contributed by atoms with Gasteiger partial charge in [0.15, 0.2) is 5.60 Å². The van der Waals surface area contributed by atoms with E-state index in [2.05, 4.69) is 71.6 Å². The summed E-state index contributed by atoms with van der Waals surface area (Å²) < 4.78 is 5.21. The van der Waals surface area contributed by atoms with Crippen LogP contribution in [-0.4, -0.2) is 57.3 Å². The van der Waals surface area contributed by atoms with E-state index in [0.717, 1.165) is 18.7 Å². The first-order valence-electron chi connectivity index (χ1n) is 12.5. The van der Waals surface area contributed by atoms with Crippen molar-refractivity contribution in [1.29, 1.82) is 0 Å². The summed E-state index contributed by atoms with van der Waals surface area (Å²) in [6.45, 7) is 11.2. The summed E-state index contributed by atoms with van der Waals surface area (Å²) in [5, 5.41) is 23.5. The van der Waals surface area contributed by atoms with Crippen LogP contribution in [0.3, 0.4) is 0 Å². The highest BCUT2D eigenvalue weighted by atomic mass is 16.5. The molecule has 1 aliphatic heterocycles. The van der Waals surface area contributed by atoms with Crippen LogP contribution in [0.25, 0.3) is 0 Å². The van der Waals surface area contributed by atoms with Gasteiger partial charge in [-0.3, -0.25) is 4.98 Å². The standard InChI is InChI=1S/C30H36N4O3/c1-20(2)23-8-10-24(11-9-23)30(36,28(4)18-34(6)19-28)25-14-22(16-31-17-25)12-13-29(5,35)26-15-27(37-7)33-21(3)32-26/h8-11,14-17,20,35-36H,18-19H2,1-7H3/t29-,30-/m0/s1. The molecule has 0 amide bonds. The third-order valence-electron chi connectivity index (χ3n) is 7.23. The van der Waals surface area contributed by atoms with Gasteiger partial charge in [0, 0.05) is 48.1 Å². The zero-order valence-electron chi connectivity index (χ0n) is 22.7. The van der Waals surface area contributed by atoms with Gasteiger partial charge in [0.05, 0.1) is 12.8 Å². The maximum absolute atomic E-state index is 12.4. The first kappa shape index (κ1) is 26.7. The van der Waals surface area contributed by atoms with Crippen LogP contribution in [0.1, 0.15) is 67.4 Å². The number of rotatable bonds is 6. The summed E-state index contributed by atoms with van der Waals surface area (Å²) in [4.78, 5) is 15.1. The predicted molar refractivity (Wildman–Crippen MR) is 143 cm³/mol. The van der Waals surface area contributed by atoms with Gasteiger partial charge in [-0.15, -0.1) is 0 Å². The number of benzene rings is 1. The van der Waals surface area contributed by atoms with E-state index in [-0.39, 0.29) is 0 Å². The Morgan fingerprint density at radius 2 is 1.73 bits per heavy atom. The van der Waals surface area contributed by atoms with Gasteiger partial charge in [0.1, 0.15) is 11.4 Å². The van der Waals surface area contributed by atoms with E-state index in [0.29, 0.717) is 34.4 Å². The molecule has 7 nitrogen and oxygen atoms in total. The highest BCUT2D eigenvalue weighted by Gasteiger charge is 2.55. The van der Waals surface area contributed by atoms with E-state index >= 15 is 0 Å². The summed E-state index contributed by atoms with van der Waals surface area (Å²) in [7, 11) is 3.57. The van der Waals surface area contributed by atoms with Gasteiger partial charge < -0.3 is 19.8 Å². The van der Waals surface area contributed by atoms with Crippen LogP contribution >= 0.6 is 0 Å². The molecule has 1 fully saturated rings. The first-order valence-corrected chi connectivity index (χ1v) is 12.5. The monoisotopic (exact) mass is 500 g/mol. The van der Waals surface area contributed by atoms with Gasteiger partial charge in [-0.25, -0.2) is 4.98 Å². The first-order chi connectivity index (χ1) is 17.4. The predicted octanol–water partition coefficient (Wildman–Crippen LogP) is 3.76. The van der Waals surface area contributed by atoms with Gasteiger partial charge in [0.25, 0.3) is 0 Å². The number of pyridine rings is 1. The molecular formula is C30H36N4O3. The molecule has 194 valence electrons. The van der Waals surface area contributed by atoms with Crippen molar-refractivity contribution in [1.82, 2.24) is 19.9 Å². The number of likely N-dealkylation sites (tertiary alicyclic amines) is 1. The highest BCUT2D eigenvalue weighted by molar-refractivity contribution is 5.45. The lowest BCUT2D eigenvalue weighted by molar-refractivity contribution is -0.127. The van der Waals surface area contributed by atoms with Crippen LogP contribution < -0.4 is 4.74 Å². The van der Waals surface area contributed by atoms with Crippen LogP contribution in [0, 0.1) is 24.2 Å². The smallest absolute Gasteiger partial charge is 0.216 e. The molecule has 1 aliphatic rings. The van der Waals surface area contributed by atoms with Crippen molar-refractivity contribution in [2.45, 2.75) is 51.7 Å². The summed E-state index contributed by atoms with van der Waals surface area (Å²) in [5.74, 6) is 7.19. The molecule has 0 aliphatic carbocycles. The molecule has 37 heavy (non-hydrogen) atoms. The Labute approximate surface area is 219 Å². The average Bonchev–Trinajstić information content (AvgIpc) is 2.86. The molecule has 4 rings (SSSR count). The molecular weight excluding hydrogens is 464 g/mol. The Hall–Kier alpha value is -3.31. The van der Waals surface area contributed by atoms with E-state index < -0.39 is 16.6 Å². The van der Waals surface area contributed by atoms with Gasteiger partial charge in [0.2, 0.25) is 5.88 Å². The molecule has 2 N–H and O–H groups in total. The summed E-state index contributed by atoms with van der Waals surface area (Å²) in [5.41, 5.74) is 0.446. The summed E-state index contributed by atoms with van der Waals surface area (Å²) in [6.07, 6.45) is 3.35. The van der Waals surface area contributed by atoms with Crippen LogP contribution in [0.2, 0.25) is 0 Å². The van der Waals surface area contributed by atoms with Crippen molar-refractivity contribution in [3.63, 3.8) is 0 Å². The van der Waals surface area contributed by atoms with E-state index in [1.54, 1.807) is 32.3 Å². The molecule has 1 aromatic carbocycles. The fourth-order valence-corrected chi connectivity index (χ4v) is 5.21. The fourth-order valence-electron chi connectivity index (χ4n) is 5.21. The lowest BCUT2D eigenvalue weighted by Gasteiger charge is -2.55. The Kier molecular flexibility index (Phi) is 7.13. The van der Waals surface area contributed by atoms with Crippen molar-refractivity contribution >= 4 is 0 Å². The zero-order chi connectivity index (χ0) is 27.0. The van der Waals surface area contributed by atoms with Crippen molar-refractivity contribution in [3.8, 4) is 17.7 Å². The molecule has 0 spiro atoms. The SMILES string of the molecule is COc1cc([C@@](C)(O)C#Cc2cncc([C@@](O)(c3ccc(C(C)C)cc3)C3(C)CN(C)C3)c2)nc(C)n1. The van der Waals surface area contributed by atoms with Crippen molar-refractivity contribution < 1.29 is 14.9 Å². The second-order valence-electron chi connectivity index (χ2n) is 10.8. The van der Waals surface area contributed by atoms with Crippen molar-refractivity contribution in [3.05, 3.63) is 82.6 Å². The molecule has 2 atom stereocenters. The summed E-state index contributed by atoms with van der Waals surface area (Å²) in [6, 6.07) is 11.7. The lowest BCUT2D eigenvalue weighted by Crippen LogP contribution is -2.63. The summed E-state index contributed by atoms with van der Waals surface area (Å²) >= 11 is 0. The normalized spacial score (nSPS) is 18.2. The molecule has 1 saturated heterocycles. The van der Waals surface area contributed by atoms with E-state index in [1.165, 1.54) is 12.7 Å². The minimum absolute atomic E-state index is 0.347. The number of aryl methyl sites for hydroxylation is 1. The van der Waals surface area contributed by atoms with Crippen molar-refractivity contribution in [2.24, 2.45) is 5.41 Å². The molecule has 3 heterocycles. The largest absolute Gasteiger partial charge is 0.481 e. The number of aromatic nitrogens is 3. The molecule has 0 unspecified atom stereocenters. The minimum atomic E-state index is -1.54. The fraction of sp³-hybridized carbons (Fsp3) is 0.433. The Balaban J connectivity index is 1.74. The molecule has 0 bridgehead atoms. The molecule has 0 saturated carbocycles. The highest BCUT2D eigenvalue weighted by Crippen LogP contribution is 2.50. The van der Waals surface area contributed by atoms with Gasteiger partial charge in [-0.05, 0) is 44.0 Å².